The third-order valence-electron chi connectivity index (χ3n) is 3.90. The summed E-state index contributed by atoms with van der Waals surface area (Å²) >= 11 is 0. The number of hydrogen-bond donors (Lipinski definition) is 2. The van der Waals surface area contributed by atoms with Crippen LogP contribution >= 0.6 is 0 Å². The summed E-state index contributed by atoms with van der Waals surface area (Å²) in [6.07, 6.45) is -4.67. The van der Waals surface area contributed by atoms with Gasteiger partial charge in [0.2, 0.25) is 0 Å². The van der Waals surface area contributed by atoms with Crippen LogP contribution in [-0.2, 0) is 12.7 Å². The quantitative estimate of drug-likeness (QED) is 0.727. The number of carbonyl (C=O) groups is 1. The van der Waals surface area contributed by atoms with Crippen molar-refractivity contribution in [1.29, 1.82) is 0 Å². The van der Waals surface area contributed by atoms with E-state index in [1.165, 1.54) is 0 Å². The molecule has 140 valence electrons. The summed E-state index contributed by atoms with van der Waals surface area (Å²) in [5.74, 6) is -0.693. The van der Waals surface area contributed by atoms with Crippen LogP contribution in [0.1, 0.15) is 27.3 Å². The Hall–Kier alpha value is -3.13. The van der Waals surface area contributed by atoms with Gasteiger partial charge in [-0.2, -0.15) is 18.3 Å². The minimum absolute atomic E-state index is 0.214. The number of amides is 1. The first kappa shape index (κ1) is 18.7. The molecule has 1 aromatic heterocycles. The SMILES string of the molecule is Cc1cccc(NC(=O)c2cc(C(F)(F)F)nn2-c2cccc(CN)c2)c1. The van der Waals surface area contributed by atoms with Crippen molar-refractivity contribution >= 4 is 11.6 Å². The molecule has 27 heavy (non-hydrogen) atoms. The molecule has 0 spiro atoms. The van der Waals surface area contributed by atoms with Crippen molar-refractivity contribution < 1.29 is 18.0 Å². The van der Waals surface area contributed by atoms with Gasteiger partial charge in [-0.05, 0) is 42.3 Å². The van der Waals surface area contributed by atoms with Crippen molar-refractivity contribution in [1.82, 2.24) is 9.78 Å². The summed E-state index contributed by atoms with van der Waals surface area (Å²) in [4.78, 5) is 12.7. The highest BCUT2D eigenvalue weighted by Gasteiger charge is 2.36. The molecule has 0 aliphatic rings. The maximum absolute atomic E-state index is 13.2. The first-order valence-corrected chi connectivity index (χ1v) is 8.12. The van der Waals surface area contributed by atoms with E-state index < -0.39 is 17.8 Å². The van der Waals surface area contributed by atoms with E-state index in [1.807, 2.05) is 13.0 Å². The Morgan fingerprint density at radius 1 is 1.15 bits per heavy atom. The van der Waals surface area contributed by atoms with Crippen molar-refractivity contribution in [3.8, 4) is 5.69 Å². The number of carbonyl (C=O) groups excluding carboxylic acids is 1. The second-order valence-corrected chi connectivity index (χ2v) is 6.02. The largest absolute Gasteiger partial charge is 0.435 e. The number of anilines is 1. The smallest absolute Gasteiger partial charge is 0.326 e. The Morgan fingerprint density at radius 2 is 1.89 bits per heavy atom. The van der Waals surface area contributed by atoms with E-state index >= 15 is 0 Å². The van der Waals surface area contributed by atoms with Crippen molar-refractivity contribution in [2.45, 2.75) is 19.6 Å². The van der Waals surface area contributed by atoms with E-state index in [0.29, 0.717) is 16.9 Å². The summed E-state index contributed by atoms with van der Waals surface area (Å²) in [7, 11) is 0. The number of rotatable bonds is 4. The van der Waals surface area contributed by atoms with E-state index in [1.54, 1.807) is 42.5 Å². The standard InChI is InChI=1S/C19H17F3N4O/c1-12-4-2-6-14(8-12)24-18(27)16-10-17(19(20,21)22)25-26(16)15-7-3-5-13(9-15)11-23/h2-10H,11,23H2,1H3,(H,24,27). The molecule has 3 N–H and O–H groups in total. The van der Waals surface area contributed by atoms with Crippen LogP contribution in [-0.4, -0.2) is 15.7 Å². The highest BCUT2D eigenvalue weighted by molar-refractivity contribution is 6.03. The number of aromatic nitrogens is 2. The van der Waals surface area contributed by atoms with Crippen LogP contribution in [0, 0.1) is 6.92 Å². The molecule has 1 heterocycles. The van der Waals surface area contributed by atoms with Gasteiger partial charge in [0, 0.05) is 18.3 Å². The van der Waals surface area contributed by atoms with Gasteiger partial charge in [0.25, 0.3) is 5.91 Å². The summed E-state index contributed by atoms with van der Waals surface area (Å²) in [5, 5.41) is 6.21. The molecule has 0 unspecified atom stereocenters. The lowest BCUT2D eigenvalue weighted by Gasteiger charge is -2.10. The topological polar surface area (TPSA) is 72.9 Å². The van der Waals surface area contributed by atoms with Crippen LogP contribution in [0.3, 0.4) is 0 Å². The molecule has 8 heteroatoms. The molecule has 3 rings (SSSR count). The Kier molecular flexibility index (Phi) is 5.00. The zero-order valence-electron chi connectivity index (χ0n) is 14.4. The average Bonchev–Trinajstić information content (AvgIpc) is 3.08. The Balaban J connectivity index is 2.04. The first-order chi connectivity index (χ1) is 12.8. The van der Waals surface area contributed by atoms with Crippen LogP contribution < -0.4 is 11.1 Å². The number of nitrogens with two attached hydrogens (primary N) is 1. The number of hydrogen-bond acceptors (Lipinski definition) is 3. The fourth-order valence-corrected chi connectivity index (χ4v) is 2.61. The zero-order chi connectivity index (χ0) is 19.6. The Bertz CT molecular complexity index is 979. The molecule has 5 nitrogen and oxygen atoms in total. The maximum Gasteiger partial charge on any atom is 0.435 e. The maximum atomic E-state index is 13.2. The van der Waals surface area contributed by atoms with Crippen LogP contribution in [0.15, 0.2) is 54.6 Å². The van der Waals surface area contributed by atoms with Gasteiger partial charge in [-0.1, -0.05) is 24.3 Å². The molecule has 3 aromatic rings. The van der Waals surface area contributed by atoms with Gasteiger partial charge < -0.3 is 11.1 Å². The Morgan fingerprint density at radius 3 is 2.56 bits per heavy atom. The van der Waals surface area contributed by atoms with E-state index in [2.05, 4.69) is 10.4 Å². The first-order valence-electron chi connectivity index (χ1n) is 8.12. The van der Waals surface area contributed by atoms with Crippen molar-refractivity contribution in [3.63, 3.8) is 0 Å². The predicted octanol–water partition coefficient (Wildman–Crippen LogP) is 3.91. The summed E-state index contributed by atoms with van der Waals surface area (Å²) in [6, 6.07) is 14.3. The number of halogens is 3. The highest BCUT2D eigenvalue weighted by Crippen LogP contribution is 2.30. The fraction of sp³-hybridized carbons (Fsp3) is 0.158. The molecule has 0 aliphatic heterocycles. The molecule has 1 amide bonds. The van der Waals surface area contributed by atoms with Gasteiger partial charge in [-0.3, -0.25) is 4.79 Å². The average molecular weight is 374 g/mol. The molecule has 0 saturated heterocycles. The lowest BCUT2D eigenvalue weighted by molar-refractivity contribution is -0.141. The molecule has 0 aliphatic carbocycles. The van der Waals surface area contributed by atoms with Crippen LogP contribution in [0.2, 0.25) is 0 Å². The molecule has 0 bridgehead atoms. The van der Waals surface area contributed by atoms with Crippen molar-refractivity contribution in [2.24, 2.45) is 5.73 Å². The van der Waals surface area contributed by atoms with Crippen LogP contribution in [0.4, 0.5) is 18.9 Å². The molecule has 2 aromatic carbocycles. The van der Waals surface area contributed by atoms with Gasteiger partial charge in [0.05, 0.1) is 5.69 Å². The van der Waals surface area contributed by atoms with E-state index in [0.717, 1.165) is 16.3 Å². The highest BCUT2D eigenvalue weighted by atomic mass is 19.4. The molecular weight excluding hydrogens is 357 g/mol. The number of benzene rings is 2. The molecule has 0 saturated carbocycles. The van der Waals surface area contributed by atoms with E-state index in [9.17, 15) is 18.0 Å². The van der Waals surface area contributed by atoms with Gasteiger partial charge in [0.15, 0.2) is 5.69 Å². The van der Waals surface area contributed by atoms with Gasteiger partial charge in [0.1, 0.15) is 5.69 Å². The molecular formula is C19H17F3N4O. The minimum Gasteiger partial charge on any atom is -0.326 e. The number of nitrogens with zero attached hydrogens (tertiary/aromatic N) is 2. The summed E-state index contributed by atoms with van der Waals surface area (Å²) < 4.78 is 40.5. The van der Waals surface area contributed by atoms with Gasteiger partial charge >= 0.3 is 6.18 Å². The monoisotopic (exact) mass is 374 g/mol. The van der Waals surface area contributed by atoms with Crippen molar-refractivity contribution in [3.05, 3.63) is 77.1 Å². The summed E-state index contributed by atoms with van der Waals surface area (Å²) in [5.41, 5.74) is 6.65. The third-order valence-corrected chi connectivity index (χ3v) is 3.90. The van der Waals surface area contributed by atoms with Gasteiger partial charge in [-0.25, -0.2) is 4.68 Å². The molecule has 0 atom stereocenters. The molecule has 0 fully saturated rings. The Labute approximate surface area is 153 Å². The normalized spacial score (nSPS) is 11.4. The predicted molar refractivity (Wildman–Crippen MR) is 95.6 cm³/mol. The lowest BCUT2D eigenvalue weighted by atomic mass is 10.2. The lowest BCUT2D eigenvalue weighted by Crippen LogP contribution is -2.17. The number of alkyl halides is 3. The minimum atomic E-state index is -4.67. The van der Waals surface area contributed by atoms with E-state index in [-0.39, 0.29) is 12.2 Å². The number of nitrogens with one attached hydrogen (secondary N) is 1. The van der Waals surface area contributed by atoms with Crippen LogP contribution in [0.25, 0.3) is 5.69 Å². The van der Waals surface area contributed by atoms with Crippen molar-refractivity contribution in [2.75, 3.05) is 5.32 Å². The fourth-order valence-electron chi connectivity index (χ4n) is 2.61. The third kappa shape index (κ3) is 4.17. The second kappa shape index (κ2) is 7.24. The van der Waals surface area contributed by atoms with Gasteiger partial charge in [-0.15, -0.1) is 0 Å². The zero-order valence-corrected chi connectivity index (χ0v) is 14.4. The van der Waals surface area contributed by atoms with Crippen LogP contribution in [0.5, 0.6) is 0 Å². The molecule has 0 radical (unpaired) electrons. The van der Waals surface area contributed by atoms with E-state index in [4.69, 9.17) is 5.73 Å². The second-order valence-electron chi connectivity index (χ2n) is 6.02. The summed E-state index contributed by atoms with van der Waals surface area (Å²) in [6.45, 7) is 2.06. The number of aryl methyl sites for hydroxylation is 1.